The molecule has 6 nitrogen and oxygen atoms in total. The number of nitrogens with one attached hydrogen (secondary N) is 2. The Morgan fingerprint density at radius 3 is 2.44 bits per heavy atom. The van der Waals surface area contributed by atoms with Gasteiger partial charge in [-0.2, -0.15) is 13.2 Å². The summed E-state index contributed by atoms with van der Waals surface area (Å²) in [5.41, 5.74) is 2.45. The highest BCUT2D eigenvalue weighted by Crippen LogP contribution is 2.20. The molecule has 0 spiro atoms. The van der Waals surface area contributed by atoms with Crippen molar-refractivity contribution in [3.63, 3.8) is 0 Å². The van der Waals surface area contributed by atoms with Crippen LogP contribution in [0.25, 0.3) is 0 Å². The average molecular weight is 362 g/mol. The molecule has 3 N–H and O–H groups in total. The van der Waals surface area contributed by atoms with Gasteiger partial charge in [-0.3, -0.25) is 4.79 Å². The highest BCUT2D eigenvalue weighted by Gasteiger charge is 2.38. The van der Waals surface area contributed by atoms with Crippen LogP contribution in [0.5, 0.6) is 0 Å². The second-order valence-corrected chi connectivity index (χ2v) is 6.12. The number of carboxylic acids is 1. The van der Waals surface area contributed by atoms with Gasteiger partial charge in [0.1, 0.15) is 0 Å². The number of aryl methyl sites for hydroxylation is 1. The summed E-state index contributed by atoms with van der Waals surface area (Å²) in [5, 5.41) is 10.9. The number of ether oxygens (including phenoxy) is 1. The zero-order chi connectivity index (χ0) is 18.4. The van der Waals surface area contributed by atoms with Gasteiger partial charge in [-0.25, -0.2) is 4.79 Å². The highest BCUT2D eigenvalue weighted by atomic mass is 19.4. The number of hydrogen-bond donors (Lipinski definition) is 3. The summed E-state index contributed by atoms with van der Waals surface area (Å²) in [6.07, 6.45) is 0.282. The van der Waals surface area contributed by atoms with Crippen molar-refractivity contribution in [1.29, 1.82) is 0 Å². The summed E-state index contributed by atoms with van der Waals surface area (Å²) < 4.78 is 37.1. The van der Waals surface area contributed by atoms with Gasteiger partial charge in [0.15, 0.2) is 0 Å². The quantitative estimate of drug-likeness (QED) is 0.744. The Morgan fingerprint density at radius 2 is 1.84 bits per heavy atom. The SMILES string of the molecule is O=C(O)C(F)(F)F.O=c1ccc2c([nH]1)CCC(NC1CCOCC1)C2. The van der Waals surface area contributed by atoms with Crippen molar-refractivity contribution >= 4 is 5.97 Å². The van der Waals surface area contributed by atoms with Crippen LogP contribution in [0.2, 0.25) is 0 Å². The Morgan fingerprint density at radius 1 is 1.20 bits per heavy atom. The first kappa shape index (κ1) is 19.5. The first-order valence-corrected chi connectivity index (χ1v) is 8.10. The zero-order valence-corrected chi connectivity index (χ0v) is 13.6. The number of aromatic nitrogens is 1. The van der Waals surface area contributed by atoms with Gasteiger partial charge in [-0.05, 0) is 37.7 Å². The van der Waals surface area contributed by atoms with Crippen molar-refractivity contribution in [3.8, 4) is 0 Å². The normalized spacial score (nSPS) is 21.0. The van der Waals surface area contributed by atoms with Crippen LogP contribution in [0.1, 0.15) is 30.5 Å². The van der Waals surface area contributed by atoms with E-state index in [0.29, 0.717) is 12.1 Å². The maximum absolute atomic E-state index is 11.3. The van der Waals surface area contributed by atoms with Gasteiger partial charge < -0.3 is 20.1 Å². The van der Waals surface area contributed by atoms with Gasteiger partial charge in [-0.1, -0.05) is 6.07 Å². The van der Waals surface area contributed by atoms with Crippen LogP contribution in [0.3, 0.4) is 0 Å². The van der Waals surface area contributed by atoms with E-state index in [0.717, 1.165) is 51.0 Å². The maximum atomic E-state index is 11.3. The number of aromatic amines is 1. The van der Waals surface area contributed by atoms with Gasteiger partial charge in [-0.15, -0.1) is 0 Å². The van der Waals surface area contributed by atoms with Crippen LogP contribution in [0.15, 0.2) is 16.9 Å². The monoisotopic (exact) mass is 362 g/mol. The molecule has 2 heterocycles. The lowest BCUT2D eigenvalue weighted by molar-refractivity contribution is -0.192. The summed E-state index contributed by atoms with van der Waals surface area (Å²) >= 11 is 0. The lowest BCUT2D eigenvalue weighted by atomic mass is 9.91. The number of carboxylic acid groups (broad SMARTS) is 1. The molecule has 1 unspecified atom stereocenters. The molecule has 9 heteroatoms. The van der Waals surface area contributed by atoms with Gasteiger partial charge in [0.25, 0.3) is 0 Å². The molecule has 1 aliphatic heterocycles. The van der Waals surface area contributed by atoms with Gasteiger partial charge >= 0.3 is 12.1 Å². The second-order valence-electron chi connectivity index (χ2n) is 6.12. The molecular weight excluding hydrogens is 341 g/mol. The van der Waals surface area contributed by atoms with Crippen molar-refractivity contribution in [2.45, 2.75) is 50.4 Å². The van der Waals surface area contributed by atoms with Crippen LogP contribution < -0.4 is 10.9 Å². The number of H-pyrrole nitrogens is 1. The number of hydrogen-bond acceptors (Lipinski definition) is 4. The van der Waals surface area contributed by atoms with E-state index in [1.165, 1.54) is 5.56 Å². The maximum Gasteiger partial charge on any atom is 0.490 e. The molecule has 140 valence electrons. The first-order chi connectivity index (χ1) is 11.8. The van der Waals surface area contributed by atoms with Crippen LogP contribution in [-0.2, 0) is 22.4 Å². The molecule has 1 atom stereocenters. The number of halogens is 3. The molecule has 1 fully saturated rings. The Hall–Kier alpha value is -1.87. The van der Waals surface area contributed by atoms with Crippen molar-refractivity contribution in [2.24, 2.45) is 0 Å². The Bertz CT molecular complexity index is 639. The fourth-order valence-corrected chi connectivity index (χ4v) is 2.99. The zero-order valence-electron chi connectivity index (χ0n) is 13.6. The molecule has 0 saturated carbocycles. The predicted octanol–water partition coefficient (Wildman–Crippen LogP) is 1.63. The summed E-state index contributed by atoms with van der Waals surface area (Å²) in [6.45, 7) is 1.77. The summed E-state index contributed by atoms with van der Waals surface area (Å²) in [6, 6.07) is 4.77. The minimum atomic E-state index is -5.08. The van der Waals surface area contributed by atoms with Crippen LogP contribution in [0.4, 0.5) is 13.2 Å². The standard InChI is InChI=1S/C14H20N2O2.C2HF3O2/c17-14-4-1-10-9-12(2-3-13(10)16-14)15-11-5-7-18-8-6-11;3-2(4,5)1(6)7/h1,4,11-12,15H,2-3,5-9H2,(H,16,17);(H,6,7). The van der Waals surface area contributed by atoms with E-state index < -0.39 is 12.1 Å². The third-order valence-electron chi connectivity index (χ3n) is 4.24. The lowest BCUT2D eigenvalue weighted by Gasteiger charge is -2.31. The van der Waals surface area contributed by atoms with E-state index >= 15 is 0 Å². The third kappa shape index (κ3) is 6.17. The molecule has 1 saturated heterocycles. The van der Waals surface area contributed by atoms with Crippen LogP contribution >= 0.6 is 0 Å². The largest absolute Gasteiger partial charge is 0.490 e. The Balaban J connectivity index is 0.000000277. The van der Waals surface area contributed by atoms with Crippen molar-refractivity contribution in [1.82, 2.24) is 10.3 Å². The fourth-order valence-electron chi connectivity index (χ4n) is 2.99. The molecule has 0 radical (unpaired) electrons. The van der Waals surface area contributed by atoms with Crippen LogP contribution in [0, 0.1) is 0 Å². The molecule has 0 aromatic carbocycles. The highest BCUT2D eigenvalue weighted by molar-refractivity contribution is 5.73. The third-order valence-corrected chi connectivity index (χ3v) is 4.24. The number of carbonyl (C=O) groups is 1. The molecular formula is C16H21F3N2O4. The molecule has 1 aliphatic carbocycles. The van der Waals surface area contributed by atoms with E-state index in [9.17, 15) is 18.0 Å². The molecule has 0 bridgehead atoms. The van der Waals surface area contributed by atoms with E-state index in [2.05, 4.69) is 10.3 Å². The minimum Gasteiger partial charge on any atom is -0.475 e. The summed E-state index contributed by atoms with van der Waals surface area (Å²) in [7, 11) is 0. The van der Waals surface area contributed by atoms with Crippen molar-refractivity contribution in [3.05, 3.63) is 33.7 Å². The molecule has 1 aromatic heterocycles. The van der Waals surface area contributed by atoms with Gasteiger partial charge in [0.05, 0.1) is 0 Å². The van der Waals surface area contributed by atoms with Crippen LogP contribution in [-0.4, -0.2) is 47.5 Å². The summed E-state index contributed by atoms with van der Waals surface area (Å²) in [4.78, 5) is 23.1. The smallest absolute Gasteiger partial charge is 0.475 e. The number of aliphatic carboxylic acids is 1. The first-order valence-electron chi connectivity index (χ1n) is 8.10. The van der Waals surface area contributed by atoms with Crippen molar-refractivity contribution < 1.29 is 27.8 Å². The second kappa shape index (κ2) is 8.48. The Labute approximate surface area is 142 Å². The van der Waals surface area contributed by atoms with E-state index in [-0.39, 0.29) is 5.56 Å². The molecule has 3 rings (SSSR count). The number of rotatable bonds is 2. The molecule has 0 amide bonds. The summed E-state index contributed by atoms with van der Waals surface area (Å²) in [5.74, 6) is -2.76. The topological polar surface area (TPSA) is 91.4 Å². The van der Waals surface area contributed by atoms with Crippen molar-refractivity contribution in [2.75, 3.05) is 13.2 Å². The van der Waals surface area contributed by atoms with E-state index in [4.69, 9.17) is 14.6 Å². The average Bonchev–Trinajstić information content (AvgIpc) is 2.56. The minimum absolute atomic E-state index is 0.0181. The lowest BCUT2D eigenvalue weighted by Crippen LogP contribution is -2.44. The number of alkyl halides is 3. The van der Waals surface area contributed by atoms with Gasteiger partial charge in [0, 0.05) is 37.1 Å². The predicted molar refractivity (Wildman–Crippen MR) is 83.5 cm³/mol. The fraction of sp³-hybridized carbons (Fsp3) is 0.625. The van der Waals surface area contributed by atoms with E-state index in [1.54, 1.807) is 6.07 Å². The molecule has 25 heavy (non-hydrogen) atoms. The molecule has 2 aliphatic rings. The number of pyridine rings is 1. The van der Waals surface area contributed by atoms with E-state index in [1.807, 2.05) is 6.07 Å². The Kier molecular flexibility index (Phi) is 6.60. The molecule has 1 aromatic rings. The number of fused-ring (bicyclic) bond motifs is 1. The van der Waals surface area contributed by atoms with Gasteiger partial charge in [0.2, 0.25) is 5.56 Å².